The lowest BCUT2D eigenvalue weighted by Gasteiger charge is -2.40. The van der Waals surface area contributed by atoms with Gasteiger partial charge in [-0.25, -0.2) is 0 Å². The first-order chi connectivity index (χ1) is 21.0. The predicted octanol–water partition coefficient (Wildman–Crippen LogP) is 12.3. The first-order valence-electron chi connectivity index (χ1n) is 20.1. The van der Waals surface area contributed by atoms with Crippen molar-refractivity contribution in [1.29, 1.82) is 0 Å². The van der Waals surface area contributed by atoms with E-state index in [2.05, 4.69) is 34.6 Å². The average molecular weight is 610 g/mol. The fourth-order valence-electron chi connectivity index (χ4n) is 6.45. The second kappa shape index (κ2) is 37.6. The number of unbranched alkanes of at least 4 members (excludes halogenated alkanes) is 24. The summed E-state index contributed by atoms with van der Waals surface area (Å²) in [6.07, 6.45) is 40.4. The van der Waals surface area contributed by atoms with Crippen LogP contribution in [0.5, 0.6) is 0 Å². The Morgan fingerprint density at radius 1 is 0.349 bits per heavy atom. The van der Waals surface area contributed by atoms with Crippen LogP contribution in [-0.4, -0.2) is 36.6 Å². The van der Waals surface area contributed by atoms with Gasteiger partial charge in [0.1, 0.15) is 0 Å². The summed E-state index contributed by atoms with van der Waals surface area (Å²) in [5, 5.41) is 9.92. The van der Waals surface area contributed by atoms with E-state index in [-0.39, 0.29) is 6.42 Å². The van der Waals surface area contributed by atoms with Gasteiger partial charge in [0.25, 0.3) is 0 Å². The molecule has 0 atom stereocenters. The van der Waals surface area contributed by atoms with Crippen LogP contribution in [-0.2, 0) is 4.79 Å². The standard InChI is InChI=1S/C32H68N.C8H16O2/c1-5-9-13-17-21-25-29-33(30-26-22-18-14-10-6-2,31-27-23-19-15-11-7-3)32-28-24-20-16-12-8-4;1-2-3-4-5-6-7-8(9)10/h5-32H2,1-4H3;2-7H2,1H3,(H,9,10)/q+1;/p-1. The highest BCUT2D eigenvalue weighted by Crippen LogP contribution is 2.21. The third kappa shape index (κ3) is 35.8. The van der Waals surface area contributed by atoms with E-state index in [9.17, 15) is 9.90 Å². The molecule has 0 heterocycles. The van der Waals surface area contributed by atoms with E-state index in [4.69, 9.17) is 0 Å². The summed E-state index contributed by atoms with van der Waals surface area (Å²) in [7, 11) is 0. The molecule has 0 spiro atoms. The van der Waals surface area contributed by atoms with E-state index in [1.165, 1.54) is 198 Å². The summed E-state index contributed by atoms with van der Waals surface area (Å²) in [5.74, 6) is -0.920. The average Bonchev–Trinajstić information content (AvgIpc) is 3.00. The maximum atomic E-state index is 9.92. The highest BCUT2D eigenvalue weighted by Gasteiger charge is 2.25. The molecule has 260 valence electrons. The second-order valence-electron chi connectivity index (χ2n) is 13.8. The van der Waals surface area contributed by atoms with Gasteiger partial charge in [-0.2, -0.15) is 0 Å². The lowest BCUT2D eigenvalue weighted by molar-refractivity contribution is -0.929. The number of hydrogen-bond acceptors (Lipinski definition) is 2. The smallest absolute Gasteiger partial charge is 0.0786 e. The Labute approximate surface area is 273 Å². The van der Waals surface area contributed by atoms with Crippen LogP contribution in [0.3, 0.4) is 0 Å². The maximum Gasteiger partial charge on any atom is 0.0786 e. The molecule has 0 saturated carbocycles. The molecule has 0 aromatic heterocycles. The van der Waals surface area contributed by atoms with Crippen LogP contribution in [0, 0.1) is 0 Å². The number of quaternary nitrogens is 1. The molecule has 0 fully saturated rings. The van der Waals surface area contributed by atoms with E-state index >= 15 is 0 Å². The minimum atomic E-state index is -0.920. The molecule has 0 rings (SSSR count). The second-order valence-corrected chi connectivity index (χ2v) is 13.8. The highest BCUT2D eigenvalue weighted by atomic mass is 16.4. The maximum absolute atomic E-state index is 9.92. The van der Waals surface area contributed by atoms with Crippen molar-refractivity contribution in [3.63, 3.8) is 0 Å². The Morgan fingerprint density at radius 2 is 0.558 bits per heavy atom. The van der Waals surface area contributed by atoms with E-state index < -0.39 is 5.97 Å². The summed E-state index contributed by atoms with van der Waals surface area (Å²) in [4.78, 5) is 9.92. The molecule has 3 nitrogen and oxygen atoms in total. The zero-order valence-electron chi connectivity index (χ0n) is 30.8. The first kappa shape index (κ1) is 44.6. The molecule has 0 amide bonds. The van der Waals surface area contributed by atoms with E-state index in [1.807, 2.05) is 0 Å². The zero-order chi connectivity index (χ0) is 32.1. The van der Waals surface area contributed by atoms with Crippen molar-refractivity contribution in [3.05, 3.63) is 0 Å². The zero-order valence-corrected chi connectivity index (χ0v) is 30.8. The van der Waals surface area contributed by atoms with Gasteiger partial charge in [-0.15, -0.1) is 0 Å². The van der Waals surface area contributed by atoms with Crippen LogP contribution in [0.1, 0.15) is 227 Å². The Balaban J connectivity index is 0. The Bertz CT molecular complexity index is 451. The van der Waals surface area contributed by atoms with Crippen LogP contribution in [0.25, 0.3) is 0 Å². The summed E-state index contributed by atoms with van der Waals surface area (Å²) < 4.78 is 1.48. The topological polar surface area (TPSA) is 40.1 Å². The lowest BCUT2D eigenvalue weighted by atomic mass is 10.0. The number of hydrogen-bond donors (Lipinski definition) is 0. The van der Waals surface area contributed by atoms with Crippen LogP contribution in [0.2, 0.25) is 0 Å². The van der Waals surface area contributed by atoms with Crippen molar-refractivity contribution in [2.45, 2.75) is 227 Å². The molecule has 0 N–H and O–H groups in total. The largest absolute Gasteiger partial charge is 0.550 e. The van der Waals surface area contributed by atoms with Gasteiger partial charge in [0.05, 0.1) is 26.2 Å². The SMILES string of the molecule is CCCCCCCC(=O)[O-].CCCCCCCC[N+](CCCCCCCC)(CCCCCCCC)CCCCCCCC. The highest BCUT2D eigenvalue weighted by molar-refractivity contribution is 5.64. The van der Waals surface area contributed by atoms with Crippen LogP contribution >= 0.6 is 0 Å². The third-order valence-electron chi connectivity index (χ3n) is 9.43. The van der Waals surface area contributed by atoms with Crippen LogP contribution in [0.4, 0.5) is 0 Å². The van der Waals surface area contributed by atoms with Gasteiger partial charge < -0.3 is 14.4 Å². The molecule has 43 heavy (non-hydrogen) atoms. The number of nitrogens with zero attached hydrogens (tertiary/aromatic N) is 1. The minimum absolute atomic E-state index is 0.226. The monoisotopic (exact) mass is 610 g/mol. The van der Waals surface area contributed by atoms with Crippen molar-refractivity contribution in [1.82, 2.24) is 0 Å². The van der Waals surface area contributed by atoms with Gasteiger partial charge in [0.15, 0.2) is 0 Å². The molecule has 0 aliphatic carbocycles. The van der Waals surface area contributed by atoms with E-state index in [0.29, 0.717) is 0 Å². The summed E-state index contributed by atoms with van der Waals surface area (Å²) in [6, 6.07) is 0. The van der Waals surface area contributed by atoms with Crippen molar-refractivity contribution < 1.29 is 14.4 Å². The molecule has 0 aromatic rings. The molecular weight excluding hydrogens is 526 g/mol. The lowest BCUT2D eigenvalue weighted by Crippen LogP contribution is -2.50. The molecule has 0 aliphatic heterocycles. The van der Waals surface area contributed by atoms with Gasteiger partial charge in [0, 0.05) is 5.97 Å². The van der Waals surface area contributed by atoms with Crippen LogP contribution < -0.4 is 5.11 Å². The molecule has 0 aliphatic rings. The number of aliphatic carboxylic acids is 1. The summed E-state index contributed by atoms with van der Waals surface area (Å²) in [6.45, 7) is 17.4. The number of rotatable bonds is 34. The van der Waals surface area contributed by atoms with Gasteiger partial charge in [-0.1, -0.05) is 163 Å². The number of carbonyl (C=O) groups excluding carboxylic acids is 1. The fraction of sp³-hybridized carbons (Fsp3) is 0.975. The number of carboxylic acids is 1. The Morgan fingerprint density at radius 3 is 0.791 bits per heavy atom. The molecule has 0 unspecified atom stereocenters. The molecule has 0 aromatic carbocycles. The number of carbonyl (C=O) groups is 1. The van der Waals surface area contributed by atoms with E-state index in [1.54, 1.807) is 0 Å². The fourth-order valence-corrected chi connectivity index (χ4v) is 6.45. The van der Waals surface area contributed by atoms with Gasteiger partial charge in [-0.3, -0.25) is 0 Å². The van der Waals surface area contributed by atoms with Gasteiger partial charge >= 0.3 is 0 Å². The van der Waals surface area contributed by atoms with Gasteiger partial charge in [0.2, 0.25) is 0 Å². The normalized spacial score (nSPS) is 11.5. The van der Waals surface area contributed by atoms with Crippen molar-refractivity contribution in [3.8, 4) is 0 Å². The molecular formula is C40H83NO2. The minimum Gasteiger partial charge on any atom is -0.550 e. The van der Waals surface area contributed by atoms with Crippen molar-refractivity contribution >= 4 is 5.97 Å². The molecule has 0 radical (unpaired) electrons. The summed E-state index contributed by atoms with van der Waals surface area (Å²) >= 11 is 0. The molecule has 0 saturated heterocycles. The third-order valence-corrected chi connectivity index (χ3v) is 9.43. The quantitative estimate of drug-likeness (QED) is 0.0538. The van der Waals surface area contributed by atoms with E-state index in [0.717, 1.165) is 19.3 Å². The van der Waals surface area contributed by atoms with Crippen molar-refractivity contribution in [2.75, 3.05) is 26.2 Å². The molecule has 0 bridgehead atoms. The Kier molecular flexibility index (Phi) is 39.0. The molecule has 3 heteroatoms. The Hall–Kier alpha value is -0.570. The van der Waals surface area contributed by atoms with Crippen molar-refractivity contribution in [2.24, 2.45) is 0 Å². The number of carboxylic acid groups (broad SMARTS) is 1. The van der Waals surface area contributed by atoms with Crippen LogP contribution in [0.15, 0.2) is 0 Å². The predicted molar refractivity (Wildman–Crippen MR) is 192 cm³/mol. The summed E-state index contributed by atoms with van der Waals surface area (Å²) in [5.41, 5.74) is 0. The van der Waals surface area contributed by atoms with Gasteiger partial charge in [-0.05, 0) is 64.2 Å². The first-order valence-corrected chi connectivity index (χ1v) is 20.1.